The van der Waals surface area contributed by atoms with Crippen molar-refractivity contribution in [3.8, 4) is 0 Å². The Balaban J connectivity index is 0.000000239. The molecule has 0 heterocycles. The van der Waals surface area contributed by atoms with Crippen molar-refractivity contribution in [3.05, 3.63) is 185 Å². The number of nitrogens with zero attached hydrogens (tertiary/aromatic N) is 1. The third kappa shape index (κ3) is 13.0. The number of aryl methyl sites for hydroxylation is 1. The molecule has 0 N–H and O–H groups in total. The van der Waals surface area contributed by atoms with Crippen LogP contribution >= 0.6 is 17.5 Å². The van der Waals surface area contributed by atoms with Gasteiger partial charge in [-0.15, -0.1) is 0 Å². The molecule has 214 valence electrons. The fourth-order valence-corrected chi connectivity index (χ4v) is 6.23. The summed E-state index contributed by atoms with van der Waals surface area (Å²) in [6, 6.07) is 40.5. The van der Waals surface area contributed by atoms with Crippen molar-refractivity contribution in [1.82, 2.24) is 0 Å². The number of hydrogen-bond donors (Lipinski definition) is 0. The van der Waals surface area contributed by atoms with E-state index in [1.54, 1.807) is 0 Å². The normalized spacial score (nSPS) is 14.4. The van der Waals surface area contributed by atoms with Crippen LogP contribution in [-0.2, 0) is 35.2 Å². The van der Waals surface area contributed by atoms with E-state index in [0.29, 0.717) is 0 Å². The van der Waals surface area contributed by atoms with Gasteiger partial charge in [-0.2, -0.15) is 5.92 Å². The Bertz CT molecular complexity index is 1140. The summed E-state index contributed by atoms with van der Waals surface area (Å²) >= 11 is 2.22. The zero-order valence-electron chi connectivity index (χ0n) is 23.5. The molecular formula is C37H33ClFeNPPd+2. The van der Waals surface area contributed by atoms with E-state index in [2.05, 4.69) is 149 Å². The molecule has 6 rings (SSSR count). The Morgan fingerprint density at radius 3 is 1.38 bits per heavy atom. The smallest absolute Gasteiger partial charge is 0.0622 e. The Kier molecular flexibility index (Phi) is 19.2. The predicted molar refractivity (Wildman–Crippen MR) is 176 cm³/mol. The van der Waals surface area contributed by atoms with Gasteiger partial charge in [-0.3, -0.25) is 4.99 Å². The first-order valence-electron chi connectivity index (χ1n) is 13.2. The zero-order valence-corrected chi connectivity index (χ0v) is 27.8. The van der Waals surface area contributed by atoms with Crippen LogP contribution in [0.1, 0.15) is 12.5 Å². The molecule has 0 amide bonds. The molecule has 42 heavy (non-hydrogen) atoms. The fourth-order valence-electron chi connectivity index (χ4n) is 3.93. The van der Waals surface area contributed by atoms with Crippen LogP contribution in [0.15, 0.2) is 120 Å². The second-order valence-corrected chi connectivity index (χ2v) is 11.1. The maximum Gasteiger partial charge on any atom is 2.00 e. The summed E-state index contributed by atoms with van der Waals surface area (Å²) in [4.78, 5) is 4.53. The van der Waals surface area contributed by atoms with Gasteiger partial charge in [0.1, 0.15) is 0 Å². The molecule has 2 saturated carbocycles. The third-order valence-corrected chi connectivity index (χ3v) is 8.36. The molecule has 2 aliphatic rings. The van der Waals surface area contributed by atoms with Crippen LogP contribution in [0.5, 0.6) is 0 Å². The van der Waals surface area contributed by atoms with Crippen LogP contribution in [0, 0.1) is 70.6 Å². The van der Waals surface area contributed by atoms with Gasteiger partial charge < -0.3 is 6.42 Å². The van der Waals surface area contributed by atoms with Gasteiger partial charge >= 0.3 is 44.8 Å². The van der Waals surface area contributed by atoms with E-state index in [9.17, 15) is 0 Å². The minimum absolute atomic E-state index is 0. The largest absolute Gasteiger partial charge is 2.00 e. The Morgan fingerprint density at radius 1 is 0.619 bits per heavy atom. The van der Waals surface area contributed by atoms with Gasteiger partial charge in [-0.25, -0.2) is 6.42 Å². The summed E-state index contributed by atoms with van der Waals surface area (Å²) in [6.07, 6.45) is 19.0. The zero-order chi connectivity index (χ0) is 29.1. The Hall–Kier alpha value is -1.55. The van der Waals surface area contributed by atoms with E-state index in [1.165, 1.54) is 21.5 Å². The van der Waals surface area contributed by atoms with Crippen LogP contribution in [-0.4, -0.2) is 5.71 Å². The van der Waals surface area contributed by atoms with Gasteiger partial charge in [0.15, 0.2) is 0 Å². The number of halogens is 1. The molecule has 0 aromatic heterocycles. The summed E-state index contributed by atoms with van der Waals surface area (Å²) in [5.74, 6) is 1.07. The number of hydrogen-bond acceptors (Lipinski definition) is 1. The molecule has 0 atom stereocenters. The van der Waals surface area contributed by atoms with Gasteiger partial charge in [0.2, 0.25) is 0 Å². The fraction of sp³-hybridized carbons (Fsp3) is 0.0541. The second-order valence-electron chi connectivity index (χ2n) is 8.92. The molecule has 4 aromatic carbocycles. The SMILES string of the molecule is CC(=Nc1ccc(C)cc1)[C]1[C-][CH][CH][CH]1.[CH]1[CH][CH][CH][CH]1.[Cl][Pd+].[Fe+2].c1ccc(P(c2ccccc2)c2ccccc2)cc1. The predicted octanol–water partition coefficient (Wildman–Crippen LogP) is 8.52. The molecule has 2 fully saturated rings. The molecule has 2 aliphatic carbocycles. The van der Waals surface area contributed by atoms with Crippen molar-refractivity contribution in [3.63, 3.8) is 0 Å². The van der Waals surface area contributed by atoms with Crippen LogP contribution in [0.3, 0.4) is 0 Å². The minimum atomic E-state index is -0.446. The molecular weight excluding hydrogens is 687 g/mol. The van der Waals surface area contributed by atoms with Crippen molar-refractivity contribution in [1.29, 1.82) is 0 Å². The summed E-state index contributed by atoms with van der Waals surface area (Å²) in [6.45, 7) is 4.08. The summed E-state index contributed by atoms with van der Waals surface area (Å²) in [7, 11) is 4.04. The summed E-state index contributed by atoms with van der Waals surface area (Å²) < 4.78 is 0. The second kappa shape index (κ2) is 22.0. The van der Waals surface area contributed by atoms with E-state index >= 15 is 0 Å². The molecule has 0 unspecified atom stereocenters. The van der Waals surface area contributed by atoms with Crippen molar-refractivity contribution in [2.24, 2.45) is 4.99 Å². The van der Waals surface area contributed by atoms with Crippen LogP contribution < -0.4 is 15.9 Å². The molecule has 5 heteroatoms. The van der Waals surface area contributed by atoms with Gasteiger partial charge in [0.05, 0.1) is 5.69 Å². The van der Waals surface area contributed by atoms with Crippen molar-refractivity contribution in [2.45, 2.75) is 13.8 Å². The quantitative estimate of drug-likeness (QED) is 0.0849. The van der Waals surface area contributed by atoms with Gasteiger partial charge in [0.25, 0.3) is 0 Å². The average Bonchev–Trinajstić information content (AvgIpc) is 3.80. The summed E-state index contributed by atoms with van der Waals surface area (Å²) in [5.41, 5.74) is 3.25. The van der Waals surface area contributed by atoms with Crippen LogP contribution in [0.4, 0.5) is 5.69 Å². The van der Waals surface area contributed by atoms with Gasteiger partial charge in [0, 0.05) is 0 Å². The molecule has 0 bridgehead atoms. The van der Waals surface area contributed by atoms with Gasteiger partial charge in [-0.1, -0.05) is 122 Å². The molecule has 0 aliphatic heterocycles. The van der Waals surface area contributed by atoms with E-state index in [4.69, 9.17) is 0 Å². The van der Waals surface area contributed by atoms with E-state index in [-0.39, 0.29) is 17.1 Å². The molecule has 0 spiro atoms. The molecule has 0 saturated heterocycles. The first-order chi connectivity index (χ1) is 20.2. The molecule has 10 radical (unpaired) electrons. The third-order valence-electron chi connectivity index (χ3n) is 5.92. The monoisotopic (exact) mass is 719 g/mol. The van der Waals surface area contributed by atoms with Crippen molar-refractivity contribution in [2.75, 3.05) is 0 Å². The van der Waals surface area contributed by atoms with Crippen molar-refractivity contribution < 1.29 is 35.2 Å². The average molecular weight is 720 g/mol. The number of benzene rings is 4. The maximum atomic E-state index is 4.53. The summed E-state index contributed by atoms with van der Waals surface area (Å²) in [5, 5.41) is 4.19. The first-order valence-corrected chi connectivity index (χ1v) is 16.5. The van der Waals surface area contributed by atoms with Crippen molar-refractivity contribution >= 4 is 44.8 Å². The van der Waals surface area contributed by atoms with E-state index in [1.807, 2.05) is 70.4 Å². The standard InChI is InChI=1S/C18H15P.C14H13N.C5H5.ClH.Fe.Pd/c1-4-10-16(11-5-1)19(17-12-6-2-7-13-17)18-14-8-3-9-15-18;1-11-7-9-14(10-8-11)15-12(2)13-5-3-4-6-13;1-2-4-5-3-1;;;/h1-15H;3-5,7-10H,1-2H3;1-5H;1H;;/q;-1;;;2*+2/p-1. The Labute approximate surface area is 281 Å². The van der Waals surface area contributed by atoms with Crippen LogP contribution in [0.25, 0.3) is 0 Å². The number of rotatable bonds is 5. The number of aliphatic imine (C=N–C) groups is 1. The van der Waals surface area contributed by atoms with Crippen LogP contribution in [0.2, 0.25) is 0 Å². The maximum absolute atomic E-state index is 4.53. The Morgan fingerprint density at radius 2 is 1.02 bits per heavy atom. The minimum Gasteiger partial charge on any atom is -0.0622 e. The topological polar surface area (TPSA) is 12.4 Å². The van der Waals surface area contributed by atoms with E-state index in [0.717, 1.165) is 17.3 Å². The molecule has 4 aromatic rings. The van der Waals surface area contributed by atoms with Gasteiger partial charge in [-0.05, 0) is 87.6 Å². The van der Waals surface area contributed by atoms with E-state index < -0.39 is 7.92 Å². The first kappa shape index (κ1) is 36.6. The molecule has 1 nitrogen and oxygen atoms in total.